The number of nitrogens with zero attached hydrogens (tertiary/aromatic N) is 2. The highest BCUT2D eigenvalue weighted by atomic mass is 32.2. The van der Waals surface area contributed by atoms with Crippen LogP contribution in [0.2, 0.25) is 0 Å². The fourth-order valence-corrected chi connectivity index (χ4v) is 4.12. The SMILES string of the molecule is Cc1cc(C)cc(NC(=O)CSc2nc3ccccc3c(=O)n2C2CC2)c1. The summed E-state index contributed by atoms with van der Waals surface area (Å²) in [6.07, 6.45) is 1.98. The number of amides is 1. The number of aryl methyl sites for hydroxylation is 2. The van der Waals surface area contributed by atoms with Crippen LogP contribution in [0.3, 0.4) is 0 Å². The summed E-state index contributed by atoms with van der Waals surface area (Å²) in [7, 11) is 0. The first-order chi connectivity index (χ1) is 13.0. The van der Waals surface area contributed by atoms with E-state index in [4.69, 9.17) is 0 Å². The van der Waals surface area contributed by atoms with Crippen LogP contribution in [-0.4, -0.2) is 21.2 Å². The monoisotopic (exact) mass is 379 g/mol. The maximum absolute atomic E-state index is 12.9. The Hall–Kier alpha value is -2.60. The van der Waals surface area contributed by atoms with Gasteiger partial charge in [-0.05, 0) is 62.1 Å². The number of thioether (sulfide) groups is 1. The number of fused-ring (bicyclic) bond motifs is 1. The highest BCUT2D eigenvalue weighted by molar-refractivity contribution is 7.99. The lowest BCUT2D eigenvalue weighted by Crippen LogP contribution is -2.23. The lowest BCUT2D eigenvalue weighted by Gasteiger charge is -2.12. The van der Waals surface area contributed by atoms with Gasteiger partial charge in [0.1, 0.15) is 0 Å². The first kappa shape index (κ1) is 17.8. The van der Waals surface area contributed by atoms with Crippen LogP contribution in [0, 0.1) is 13.8 Å². The van der Waals surface area contributed by atoms with Gasteiger partial charge >= 0.3 is 0 Å². The van der Waals surface area contributed by atoms with Crippen molar-refractivity contribution in [1.29, 1.82) is 0 Å². The van der Waals surface area contributed by atoms with Gasteiger partial charge in [0.15, 0.2) is 5.16 Å². The topological polar surface area (TPSA) is 64.0 Å². The molecule has 0 atom stereocenters. The van der Waals surface area contributed by atoms with E-state index in [1.807, 2.05) is 50.2 Å². The molecule has 1 saturated carbocycles. The van der Waals surface area contributed by atoms with E-state index >= 15 is 0 Å². The molecule has 1 aliphatic carbocycles. The van der Waals surface area contributed by atoms with E-state index in [2.05, 4.69) is 16.4 Å². The van der Waals surface area contributed by atoms with Crippen molar-refractivity contribution in [2.75, 3.05) is 11.1 Å². The lowest BCUT2D eigenvalue weighted by molar-refractivity contribution is -0.113. The summed E-state index contributed by atoms with van der Waals surface area (Å²) in [6.45, 7) is 4.01. The molecule has 3 aromatic rings. The van der Waals surface area contributed by atoms with Crippen molar-refractivity contribution in [2.24, 2.45) is 0 Å². The van der Waals surface area contributed by atoms with E-state index in [-0.39, 0.29) is 23.3 Å². The standard InChI is InChI=1S/C21H21N3O2S/c1-13-9-14(2)11-15(10-13)22-19(25)12-27-21-23-18-6-4-3-5-17(18)20(26)24(21)16-7-8-16/h3-6,9-11,16H,7-8,12H2,1-2H3,(H,22,25). The van der Waals surface area contributed by atoms with E-state index < -0.39 is 0 Å². The second-order valence-electron chi connectivity index (χ2n) is 7.03. The second-order valence-corrected chi connectivity index (χ2v) is 7.97. The fraction of sp³-hybridized carbons (Fsp3) is 0.286. The largest absolute Gasteiger partial charge is 0.325 e. The molecule has 6 heteroatoms. The molecule has 1 fully saturated rings. The van der Waals surface area contributed by atoms with E-state index in [0.29, 0.717) is 16.1 Å². The predicted octanol–water partition coefficient (Wildman–Crippen LogP) is 4.08. The summed E-state index contributed by atoms with van der Waals surface area (Å²) in [5.74, 6) is 0.111. The van der Waals surface area contributed by atoms with Crippen LogP contribution in [0.1, 0.15) is 30.0 Å². The van der Waals surface area contributed by atoms with E-state index in [1.54, 1.807) is 4.57 Å². The molecule has 1 N–H and O–H groups in total. The summed E-state index contributed by atoms with van der Waals surface area (Å²) in [5.41, 5.74) is 3.68. The number of anilines is 1. The van der Waals surface area contributed by atoms with Crippen LogP contribution < -0.4 is 10.9 Å². The molecule has 0 aliphatic heterocycles. The molecule has 1 heterocycles. The van der Waals surface area contributed by atoms with E-state index in [1.165, 1.54) is 11.8 Å². The van der Waals surface area contributed by atoms with Gasteiger partial charge < -0.3 is 5.32 Å². The van der Waals surface area contributed by atoms with E-state index in [9.17, 15) is 9.59 Å². The van der Waals surface area contributed by atoms with Gasteiger partial charge in [0.25, 0.3) is 5.56 Å². The highest BCUT2D eigenvalue weighted by Gasteiger charge is 2.28. The molecule has 0 spiro atoms. The van der Waals surface area contributed by atoms with Crippen molar-refractivity contribution >= 4 is 34.3 Å². The van der Waals surface area contributed by atoms with Crippen LogP contribution >= 0.6 is 11.8 Å². The zero-order chi connectivity index (χ0) is 19.0. The van der Waals surface area contributed by atoms with Gasteiger partial charge in [-0.25, -0.2) is 4.98 Å². The average Bonchev–Trinajstić information content (AvgIpc) is 3.44. The van der Waals surface area contributed by atoms with Crippen molar-refractivity contribution in [3.63, 3.8) is 0 Å². The number of para-hydroxylation sites is 1. The Morgan fingerprint density at radius 1 is 1.19 bits per heavy atom. The van der Waals surface area contributed by atoms with Gasteiger partial charge in [0.05, 0.1) is 16.7 Å². The zero-order valence-electron chi connectivity index (χ0n) is 15.4. The van der Waals surface area contributed by atoms with Crippen LogP contribution in [-0.2, 0) is 4.79 Å². The number of carbonyl (C=O) groups is 1. The number of aromatic nitrogens is 2. The first-order valence-corrected chi connectivity index (χ1v) is 10.0. The molecule has 0 unspecified atom stereocenters. The van der Waals surface area contributed by atoms with Gasteiger partial charge in [-0.3, -0.25) is 14.2 Å². The number of rotatable bonds is 5. The third-order valence-corrected chi connectivity index (χ3v) is 5.48. The Labute approximate surface area is 161 Å². The molecule has 0 saturated heterocycles. The second kappa shape index (κ2) is 7.19. The smallest absolute Gasteiger partial charge is 0.262 e. The molecule has 0 bridgehead atoms. The van der Waals surface area contributed by atoms with Gasteiger partial charge in [-0.1, -0.05) is 30.0 Å². The van der Waals surface area contributed by atoms with Crippen molar-refractivity contribution < 1.29 is 4.79 Å². The average molecular weight is 379 g/mol. The maximum atomic E-state index is 12.9. The predicted molar refractivity (Wildman–Crippen MR) is 110 cm³/mol. The van der Waals surface area contributed by atoms with Crippen LogP contribution in [0.25, 0.3) is 10.9 Å². The molecule has 2 aromatic carbocycles. The molecule has 1 aromatic heterocycles. The minimum absolute atomic E-state index is 0.0136. The minimum Gasteiger partial charge on any atom is -0.325 e. The Morgan fingerprint density at radius 3 is 2.59 bits per heavy atom. The summed E-state index contributed by atoms with van der Waals surface area (Å²) in [6, 6.07) is 13.5. The summed E-state index contributed by atoms with van der Waals surface area (Å²) in [5, 5.41) is 4.19. The lowest BCUT2D eigenvalue weighted by atomic mass is 10.1. The summed E-state index contributed by atoms with van der Waals surface area (Å²) in [4.78, 5) is 29.9. The Kier molecular flexibility index (Phi) is 4.74. The fourth-order valence-electron chi connectivity index (χ4n) is 3.26. The first-order valence-electron chi connectivity index (χ1n) is 9.03. The van der Waals surface area contributed by atoms with E-state index in [0.717, 1.165) is 29.7 Å². The molecule has 1 aliphatic rings. The third kappa shape index (κ3) is 3.90. The Morgan fingerprint density at radius 2 is 1.89 bits per heavy atom. The number of carbonyl (C=O) groups excluding carboxylic acids is 1. The van der Waals surface area contributed by atoms with Crippen LogP contribution in [0.5, 0.6) is 0 Å². The number of hydrogen-bond acceptors (Lipinski definition) is 4. The molecule has 27 heavy (non-hydrogen) atoms. The molecule has 5 nitrogen and oxygen atoms in total. The normalized spacial score (nSPS) is 13.7. The number of benzene rings is 2. The minimum atomic E-state index is -0.102. The zero-order valence-corrected chi connectivity index (χ0v) is 16.2. The van der Waals surface area contributed by atoms with Gasteiger partial charge in [-0.2, -0.15) is 0 Å². The third-order valence-electron chi connectivity index (χ3n) is 4.53. The highest BCUT2D eigenvalue weighted by Crippen LogP contribution is 2.36. The van der Waals surface area contributed by atoms with Crippen LogP contribution in [0.15, 0.2) is 52.4 Å². The molecule has 4 rings (SSSR count). The summed E-state index contributed by atoms with van der Waals surface area (Å²) >= 11 is 1.32. The molecule has 0 radical (unpaired) electrons. The van der Waals surface area contributed by atoms with Gasteiger partial charge in [0, 0.05) is 11.7 Å². The quantitative estimate of drug-likeness (QED) is 0.536. The van der Waals surface area contributed by atoms with Crippen molar-refractivity contribution in [1.82, 2.24) is 9.55 Å². The summed E-state index contributed by atoms with van der Waals surface area (Å²) < 4.78 is 1.76. The maximum Gasteiger partial charge on any atom is 0.262 e. The number of nitrogens with one attached hydrogen (secondary N) is 1. The Bertz CT molecular complexity index is 1070. The van der Waals surface area contributed by atoms with Crippen LogP contribution in [0.4, 0.5) is 5.69 Å². The number of hydrogen-bond donors (Lipinski definition) is 1. The molecular formula is C21H21N3O2S. The van der Waals surface area contributed by atoms with Gasteiger partial charge in [0.2, 0.25) is 5.91 Å². The molecule has 1 amide bonds. The molecular weight excluding hydrogens is 358 g/mol. The van der Waals surface area contributed by atoms with Gasteiger partial charge in [-0.15, -0.1) is 0 Å². The Balaban J connectivity index is 1.55. The van der Waals surface area contributed by atoms with Crippen molar-refractivity contribution in [2.45, 2.75) is 37.9 Å². The van der Waals surface area contributed by atoms with Crippen molar-refractivity contribution in [3.8, 4) is 0 Å². The molecule has 138 valence electrons. The van der Waals surface area contributed by atoms with Crippen molar-refractivity contribution in [3.05, 3.63) is 63.9 Å².